The van der Waals surface area contributed by atoms with Crippen LogP contribution in [0.3, 0.4) is 0 Å². The first-order valence-electron chi connectivity index (χ1n) is 6.21. The Morgan fingerprint density at radius 1 is 1.38 bits per heavy atom. The minimum Gasteiger partial charge on any atom is -0.378 e. The van der Waals surface area contributed by atoms with Gasteiger partial charge in [0.15, 0.2) is 0 Å². The molecule has 4 nitrogen and oxygen atoms in total. The van der Waals surface area contributed by atoms with Crippen LogP contribution in [-0.2, 0) is 9.53 Å². The lowest BCUT2D eigenvalue weighted by molar-refractivity contribution is -0.141. The topological polar surface area (TPSA) is 41.6 Å². The van der Waals surface area contributed by atoms with Crippen LogP contribution in [0.5, 0.6) is 0 Å². The fourth-order valence-electron chi connectivity index (χ4n) is 2.60. The second-order valence-corrected chi connectivity index (χ2v) is 5.42. The van der Waals surface area contributed by atoms with Crippen molar-refractivity contribution in [2.45, 2.75) is 32.7 Å². The summed E-state index contributed by atoms with van der Waals surface area (Å²) in [6.07, 6.45) is 2.29. The quantitative estimate of drug-likeness (QED) is 0.713. The number of carbonyl (C=O) groups excluding carboxylic acids is 1. The molecule has 2 rings (SSSR count). The number of nitrogens with zero attached hydrogens (tertiary/aromatic N) is 1. The maximum absolute atomic E-state index is 12.4. The molecule has 1 N–H and O–H groups in total. The lowest BCUT2D eigenvalue weighted by Crippen LogP contribution is -2.58. The predicted octanol–water partition coefficient (Wildman–Crippen LogP) is 0.623. The highest BCUT2D eigenvalue weighted by Gasteiger charge is 2.39. The van der Waals surface area contributed by atoms with Crippen molar-refractivity contribution in [2.75, 3.05) is 32.8 Å². The van der Waals surface area contributed by atoms with Gasteiger partial charge in [-0.15, -0.1) is 0 Å². The lowest BCUT2D eigenvalue weighted by Gasteiger charge is -2.41. The third-order valence-electron chi connectivity index (χ3n) is 3.70. The summed E-state index contributed by atoms with van der Waals surface area (Å²) in [4.78, 5) is 14.3. The van der Waals surface area contributed by atoms with Gasteiger partial charge in [-0.25, -0.2) is 0 Å². The molecule has 0 aliphatic carbocycles. The highest BCUT2D eigenvalue weighted by molar-refractivity contribution is 5.83. The summed E-state index contributed by atoms with van der Waals surface area (Å²) in [5.41, 5.74) is 0.0770. The molecule has 4 heteroatoms. The molecule has 2 heterocycles. The average molecular weight is 226 g/mol. The fraction of sp³-hybridized carbons (Fsp3) is 0.917. The molecule has 0 bridgehead atoms. The Kier molecular flexibility index (Phi) is 3.50. The molecule has 2 saturated heterocycles. The molecule has 2 aliphatic rings. The molecule has 16 heavy (non-hydrogen) atoms. The smallest absolute Gasteiger partial charge is 0.240 e. The van der Waals surface area contributed by atoms with Gasteiger partial charge in [-0.1, -0.05) is 13.8 Å². The zero-order valence-corrected chi connectivity index (χ0v) is 10.3. The van der Waals surface area contributed by atoms with E-state index in [4.69, 9.17) is 4.74 Å². The molecule has 1 unspecified atom stereocenters. The van der Waals surface area contributed by atoms with E-state index in [-0.39, 0.29) is 17.4 Å². The largest absolute Gasteiger partial charge is 0.378 e. The highest BCUT2D eigenvalue weighted by atomic mass is 16.5. The number of piperidine rings is 1. The molecule has 2 aliphatic heterocycles. The zero-order valence-electron chi connectivity index (χ0n) is 10.3. The van der Waals surface area contributed by atoms with Gasteiger partial charge in [-0.05, 0) is 24.8 Å². The molecular formula is C12H22N2O2. The average Bonchev–Trinajstić information content (AvgIpc) is 2.29. The number of hydrogen-bond acceptors (Lipinski definition) is 3. The molecule has 0 saturated carbocycles. The van der Waals surface area contributed by atoms with Crippen molar-refractivity contribution in [3.8, 4) is 0 Å². The Balaban J connectivity index is 2.01. The monoisotopic (exact) mass is 226 g/mol. The van der Waals surface area contributed by atoms with E-state index >= 15 is 0 Å². The SMILES string of the molecule is CC1(C)CCCNC1C(=O)N1CCOCC1. The van der Waals surface area contributed by atoms with Gasteiger partial charge >= 0.3 is 0 Å². The number of morpholine rings is 1. The molecule has 92 valence electrons. The Labute approximate surface area is 97.3 Å². The Morgan fingerprint density at radius 2 is 2.06 bits per heavy atom. The van der Waals surface area contributed by atoms with Gasteiger partial charge in [0.05, 0.1) is 19.3 Å². The normalized spacial score (nSPS) is 30.1. The third kappa shape index (κ3) is 2.38. The van der Waals surface area contributed by atoms with E-state index in [0.29, 0.717) is 13.2 Å². The minimum absolute atomic E-state index is 0.0145. The van der Waals surface area contributed by atoms with Gasteiger partial charge in [0, 0.05) is 13.1 Å². The molecule has 0 spiro atoms. The first kappa shape index (κ1) is 11.9. The van der Waals surface area contributed by atoms with Crippen LogP contribution in [0.4, 0.5) is 0 Å². The summed E-state index contributed by atoms with van der Waals surface area (Å²) >= 11 is 0. The van der Waals surface area contributed by atoms with E-state index < -0.39 is 0 Å². The van der Waals surface area contributed by atoms with Crippen LogP contribution in [0.2, 0.25) is 0 Å². The summed E-state index contributed by atoms with van der Waals surface area (Å²) < 4.78 is 5.27. The van der Waals surface area contributed by atoms with E-state index in [1.807, 2.05) is 4.90 Å². The van der Waals surface area contributed by atoms with Crippen molar-refractivity contribution in [1.82, 2.24) is 10.2 Å². The summed E-state index contributed by atoms with van der Waals surface area (Å²) in [5, 5.41) is 3.37. The molecular weight excluding hydrogens is 204 g/mol. The summed E-state index contributed by atoms with van der Waals surface area (Å²) in [5.74, 6) is 0.257. The minimum atomic E-state index is -0.0145. The van der Waals surface area contributed by atoms with E-state index in [1.165, 1.54) is 6.42 Å². The number of hydrogen-bond donors (Lipinski definition) is 1. The van der Waals surface area contributed by atoms with Gasteiger partial charge in [0.2, 0.25) is 5.91 Å². The highest BCUT2D eigenvalue weighted by Crippen LogP contribution is 2.31. The summed E-state index contributed by atoms with van der Waals surface area (Å²) in [6, 6.07) is -0.0145. The van der Waals surface area contributed by atoms with Gasteiger partial charge in [0.25, 0.3) is 0 Å². The molecule has 2 fully saturated rings. The number of ether oxygens (including phenoxy) is 1. The maximum Gasteiger partial charge on any atom is 0.240 e. The third-order valence-corrected chi connectivity index (χ3v) is 3.70. The predicted molar refractivity (Wildman–Crippen MR) is 62.2 cm³/mol. The van der Waals surface area contributed by atoms with E-state index in [2.05, 4.69) is 19.2 Å². The van der Waals surface area contributed by atoms with Crippen LogP contribution in [0.25, 0.3) is 0 Å². The number of nitrogens with one attached hydrogen (secondary N) is 1. The van der Waals surface area contributed by atoms with Crippen molar-refractivity contribution >= 4 is 5.91 Å². The molecule has 0 aromatic carbocycles. The second-order valence-electron chi connectivity index (χ2n) is 5.42. The van der Waals surface area contributed by atoms with Gasteiger partial charge in [0.1, 0.15) is 0 Å². The fourth-order valence-corrected chi connectivity index (χ4v) is 2.60. The Morgan fingerprint density at radius 3 is 2.69 bits per heavy atom. The summed E-state index contributed by atoms with van der Waals surface area (Å²) in [7, 11) is 0. The van der Waals surface area contributed by atoms with Gasteiger partial charge < -0.3 is 15.0 Å². The van der Waals surface area contributed by atoms with Crippen molar-refractivity contribution in [1.29, 1.82) is 0 Å². The molecule has 0 aromatic heterocycles. The van der Waals surface area contributed by atoms with Crippen LogP contribution in [0.1, 0.15) is 26.7 Å². The molecule has 1 atom stereocenters. The lowest BCUT2D eigenvalue weighted by atomic mass is 9.77. The standard InChI is InChI=1S/C12H22N2O2/c1-12(2)4-3-5-13-10(12)11(15)14-6-8-16-9-7-14/h10,13H,3-9H2,1-2H3. The molecule has 0 radical (unpaired) electrons. The number of rotatable bonds is 1. The summed E-state index contributed by atoms with van der Waals surface area (Å²) in [6.45, 7) is 8.17. The molecule has 0 aromatic rings. The van der Waals surface area contributed by atoms with Gasteiger partial charge in [-0.2, -0.15) is 0 Å². The first-order chi connectivity index (χ1) is 7.61. The number of amides is 1. The van der Waals surface area contributed by atoms with Crippen LogP contribution in [-0.4, -0.2) is 49.7 Å². The van der Waals surface area contributed by atoms with Crippen molar-refractivity contribution in [2.24, 2.45) is 5.41 Å². The first-order valence-corrected chi connectivity index (χ1v) is 6.21. The van der Waals surface area contributed by atoms with Crippen LogP contribution in [0, 0.1) is 5.41 Å². The van der Waals surface area contributed by atoms with Crippen molar-refractivity contribution in [3.05, 3.63) is 0 Å². The van der Waals surface area contributed by atoms with Crippen molar-refractivity contribution in [3.63, 3.8) is 0 Å². The Bertz CT molecular complexity index is 260. The maximum atomic E-state index is 12.4. The van der Waals surface area contributed by atoms with Crippen molar-refractivity contribution < 1.29 is 9.53 Å². The van der Waals surface area contributed by atoms with Crippen LogP contribution in [0.15, 0.2) is 0 Å². The van der Waals surface area contributed by atoms with E-state index in [0.717, 1.165) is 26.1 Å². The molecule has 1 amide bonds. The second kappa shape index (κ2) is 4.72. The van der Waals surface area contributed by atoms with E-state index in [9.17, 15) is 4.79 Å². The van der Waals surface area contributed by atoms with E-state index in [1.54, 1.807) is 0 Å². The van der Waals surface area contributed by atoms with Crippen LogP contribution >= 0.6 is 0 Å². The zero-order chi connectivity index (χ0) is 11.6. The number of carbonyl (C=O) groups is 1. The Hall–Kier alpha value is -0.610. The van der Waals surface area contributed by atoms with Gasteiger partial charge in [-0.3, -0.25) is 4.79 Å². The van der Waals surface area contributed by atoms with Crippen LogP contribution < -0.4 is 5.32 Å².